The second-order valence-electron chi connectivity index (χ2n) is 7.92. The van der Waals surface area contributed by atoms with E-state index in [-0.39, 0.29) is 0 Å². The third-order valence-electron chi connectivity index (χ3n) is 6.34. The molecule has 20 heavy (non-hydrogen) atoms. The fourth-order valence-electron chi connectivity index (χ4n) is 5.22. The second-order valence-corrected chi connectivity index (χ2v) is 7.92. The molecule has 1 heterocycles. The van der Waals surface area contributed by atoms with E-state index in [4.69, 9.17) is 4.74 Å². The van der Waals surface area contributed by atoms with Gasteiger partial charge >= 0.3 is 0 Å². The molecule has 0 amide bonds. The fraction of sp³-hybridized carbons (Fsp3) is 0.667. The van der Waals surface area contributed by atoms with Crippen molar-refractivity contribution in [3.05, 3.63) is 29.8 Å². The first-order valence-electron chi connectivity index (χ1n) is 7.98. The normalized spacial score (nSPS) is 40.6. The highest BCUT2D eigenvalue weighted by Crippen LogP contribution is 2.62. The summed E-state index contributed by atoms with van der Waals surface area (Å²) in [6.45, 7) is 8.19. The number of rotatable bonds is 2. The minimum absolute atomic E-state index is 0.367. The zero-order valence-corrected chi connectivity index (χ0v) is 12.8. The van der Waals surface area contributed by atoms with Gasteiger partial charge in [0.15, 0.2) is 0 Å². The van der Waals surface area contributed by atoms with E-state index in [1.54, 1.807) is 0 Å². The van der Waals surface area contributed by atoms with Gasteiger partial charge in [0.1, 0.15) is 12.4 Å². The summed E-state index contributed by atoms with van der Waals surface area (Å²) in [4.78, 5) is 0. The molecule has 2 saturated carbocycles. The molecule has 0 saturated heterocycles. The summed E-state index contributed by atoms with van der Waals surface area (Å²) in [6.07, 6.45) is 4.19. The maximum atomic E-state index is 5.84. The van der Waals surface area contributed by atoms with Crippen LogP contribution in [0.5, 0.6) is 5.75 Å². The number of benzene rings is 1. The predicted molar refractivity (Wildman–Crippen MR) is 80.8 cm³/mol. The molecule has 0 spiro atoms. The molecule has 2 aliphatic carbocycles. The van der Waals surface area contributed by atoms with E-state index >= 15 is 0 Å². The van der Waals surface area contributed by atoms with Crippen LogP contribution in [0.4, 0.5) is 0 Å². The molecule has 1 aromatic carbocycles. The third kappa shape index (κ3) is 1.60. The Hall–Kier alpha value is -1.02. The van der Waals surface area contributed by atoms with Crippen molar-refractivity contribution in [3.8, 4) is 5.75 Å². The van der Waals surface area contributed by atoms with Crippen molar-refractivity contribution in [1.29, 1.82) is 0 Å². The fourth-order valence-corrected chi connectivity index (χ4v) is 5.22. The Morgan fingerprint density at radius 1 is 1.20 bits per heavy atom. The first kappa shape index (κ1) is 12.7. The van der Waals surface area contributed by atoms with E-state index in [1.807, 2.05) is 0 Å². The van der Waals surface area contributed by atoms with Crippen molar-refractivity contribution >= 4 is 0 Å². The Balaban J connectivity index is 1.61. The highest BCUT2D eigenvalue weighted by molar-refractivity contribution is 5.39. The van der Waals surface area contributed by atoms with E-state index in [0.717, 1.165) is 18.3 Å². The van der Waals surface area contributed by atoms with Gasteiger partial charge in [-0.1, -0.05) is 39.0 Å². The Labute approximate surface area is 121 Å². The molecule has 4 atom stereocenters. The van der Waals surface area contributed by atoms with Crippen molar-refractivity contribution in [2.24, 2.45) is 16.7 Å². The van der Waals surface area contributed by atoms with Gasteiger partial charge in [0.25, 0.3) is 0 Å². The molecule has 2 fully saturated rings. The first-order valence-corrected chi connectivity index (χ1v) is 7.98. The van der Waals surface area contributed by atoms with Crippen molar-refractivity contribution in [2.45, 2.75) is 52.1 Å². The summed E-state index contributed by atoms with van der Waals surface area (Å²) >= 11 is 0. The average molecular weight is 271 g/mol. The molecular weight excluding hydrogens is 246 g/mol. The molecule has 2 nitrogen and oxygen atoms in total. The lowest BCUT2D eigenvalue weighted by Gasteiger charge is -2.44. The van der Waals surface area contributed by atoms with Gasteiger partial charge in [0.05, 0.1) is 6.04 Å². The smallest absolute Gasteiger partial charge is 0.124 e. The van der Waals surface area contributed by atoms with Gasteiger partial charge in [-0.05, 0) is 42.1 Å². The molecule has 108 valence electrons. The van der Waals surface area contributed by atoms with Crippen molar-refractivity contribution in [3.63, 3.8) is 0 Å². The molecule has 0 aromatic heterocycles. The average Bonchev–Trinajstić information content (AvgIpc) is 3.04. The molecule has 2 heteroatoms. The lowest BCUT2D eigenvalue weighted by Crippen LogP contribution is -2.51. The summed E-state index contributed by atoms with van der Waals surface area (Å²) in [7, 11) is 0. The topological polar surface area (TPSA) is 21.3 Å². The molecule has 2 bridgehead atoms. The lowest BCUT2D eigenvalue weighted by molar-refractivity contribution is 0.0945. The predicted octanol–water partition coefficient (Wildman–Crippen LogP) is 3.92. The van der Waals surface area contributed by atoms with E-state index in [9.17, 15) is 0 Å². The number of nitrogens with one attached hydrogen (secondary N) is 1. The molecule has 1 aliphatic heterocycles. The number of fused-ring (bicyclic) bond motifs is 3. The molecule has 0 radical (unpaired) electrons. The molecule has 1 aromatic rings. The van der Waals surface area contributed by atoms with E-state index in [1.165, 1.54) is 24.8 Å². The summed E-state index contributed by atoms with van der Waals surface area (Å²) in [5, 5.41) is 3.97. The highest BCUT2D eigenvalue weighted by Gasteiger charge is 2.59. The van der Waals surface area contributed by atoms with E-state index in [0.29, 0.717) is 22.9 Å². The van der Waals surface area contributed by atoms with Gasteiger partial charge in [-0.2, -0.15) is 0 Å². The monoisotopic (exact) mass is 271 g/mol. The number of ether oxygens (including phenoxy) is 1. The highest BCUT2D eigenvalue weighted by atomic mass is 16.5. The summed E-state index contributed by atoms with van der Waals surface area (Å²) in [5.41, 5.74) is 2.23. The Kier molecular flexibility index (Phi) is 2.54. The molecule has 3 aliphatic rings. The standard InChI is InChI=1S/C18H25NO/c1-17(2)12-8-9-18(3,10-12)16(17)19-14-11-20-15-7-5-4-6-13(14)15/h4-7,12,14,16,19H,8-11H2,1-3H3/t12-,14?,16?,18+/m0/s1. The van der Waals surface area contributed by atoms with Gasteiger partial charge in [0.2, 0.25) is 0 Å². The van der Waals surface area contributed by atoms with Crippen LogP contribution in [0.3, 0.4) is 0 Å². The number of para-hydroxylation sites is 1. The van der Waals surface area contributed by atoms with Crippen LogP contribution in [-0.2, 0) is 0 Å². The Bertz CT molecular complexity index is 533. The summed E-state index contributed by atoms with van der Waals surface area (Å²) in [6, 6.07) is 9.45. The zero-order chi connectivity index (χ0) is 14.0. The summed E-state index contributed by atoms with van der Waals surface area (Å²) in [5.74, 6) is 1.96. The molecule has 2 unspecified atom stereocenters. The minimum Gasteiger partial charge on any atom is -0.491 e. The minimum atomic E-state index is 0.367. The first-order chi connectivity index (χ1) is 9.51. The number of hydrogen-bond acceptors (Lipinski definition) is 2. The maximum Gasteiger partial charge on any atom is 0.124 e. The molecular formula is C18H25NO. The maximum absolute atomic E-state index is 5.84. The van der Waals surface area contributed by atoms with Gasteiger partial charge in [-0.25, -0.2) is 0 Å². The van der Waals surface area contributed by atoms with Gasteiger partial charge in [0, 0.05) is 11.6 Å². The van der Waals surface area contributed by atoms with Crippen LogP contribution < -0.4 is 10.1 Å². The van der Waals surface area contributed by atoms with Crippen LogP contribution >= 0.6 is 0 Å². The number of hydrogen-bond donors (Lipinski definition) is 1. The van der Waals surface area contributed by atoms with Gasteiger partial charge < -0.3 is 10.1 Å². The van der Waals surface area contributed by atoms with Gasteiger partial charge in [-0.15, -0.1) is 0 Å². The van der Waals surface area contributed by atoms with Gasteiger partial charge in [-0.3, -0.25) is 0 Å². The van der Waals surface area contributed by atoms with Crippen molar-refractivity contribution in [2.75, 3.05) is 6.61 Å². The van der Waals surface area contributed by atoms with Crippen molar-refractivity contribution < 1.29 is 4.74 Å². The quantitative estimate of drug-likeness (QED) is 0.880. The Morgan fingerprint density at radius 2 is 2.00 bits per heavy atom. The van der Waals surface area contributed by atoms with Crippen LogP contribution in [0.15, 0.2) is 24.3 Å². The Morgan fingerprint density at radius 3 is 2.75 bits per heavy atom. The van der Waals surface area contributed by atoms with Crippen LogP contribution in [0, 0.1) is 16.7 Å². The van der Waals surface area contributed by atoms with E-state index < -0.39 is 0 Å². The zero-order valence-electron chi connectivity index (χ0n) is 12.8. The van der Waals surface area contributed by atoms with Crippen LogP contribution in [0.2, 0.25) is 0 Å². The second kappa shape index (κ2) is 4.00. The largest absolute Gasteiger partial charge is 0.491 e. The van der Waals surface area contributed by atoms with Crippen LogP contribution in [-0.4, -0.2) is 12.6 Å². The third-order valence-corrected chi connectivity index (χ3v) is 6.34. The van der Waals surface area contributed by atoms with Crippen LogP contribution in [0.25, 0.3) is 0 Å². The van der Waals surface area contributed by atoms with Crippen molar-refractivity contribution in [1.82, 2.24) is 5.32 Å². The summed E-state index contributed by atoms with van der Waals surface area (Å²) < 4.78 is 5.84. The molecule has 4 rings (SSSR count). The lowest BCUT2D eigenvalue weighted by atomic mass is 9.68. The van der Waals surface area contributed by atoms with E-state index in [2.05, 4.69) is 50.4 Å². The SMILES string of the molecule is CC1(C)C(NC2COc3ccccc32)[C@]2(C)CC[C@H]1C2. The molecule has 1 N–H and O–H groups in total. The van der Waals surface area contributed by atoms with Crippen LogP contribution in [0.1, 0.15) is 51.6 Å².